The highest BCUT2D eigenvalue weighted by Gasteiger charge is 2.34. The average molecular weight is 596 g/mol. The Hall–Kier alpha value is -2.87. The summed E-state index contributed by atoms with van der Waals surface area (Å²) in [6, 6.07) is 7.41. The van der Waals surface area contributed by atoms with Crippen LogP contribution >= 0.6 is 23.2 Å². The number of aromatic nitrogens is 1. The summed E-state index contributed by atoms with van der Waals surface area (Å²) in [6.07, 6.45) is -2.77. The van der Waals surface area contributed by atoms with E-state index in [0.717, 1.165) is 22.8 Å². The molecular formula is C22H18Cl2F3N3O5S2. The fourth-order valence-corrected chi connectivity index (χ4v) is 5.40. The van der Waals surface area contributed by atoms with E-state index in [1.165, 1.54) is 19.2 Å². The van der Waals surface area contributed by atoms with Crippen molar-refractivity contribution >= 4 is 60.4 Å². The number of hydrogen-bond acceptors (Lipinski definition) is 6. The maximum atomic E-state index is 13.6. The van der Waals surface area contributed by atoms with Crippen LogP contribution in [0.25, 0.3) is 0 Å². The minimum Gasteiger partial charge on any atom is -0.287 e. The number of pyridine rings is 1. The highest BCUT2D eigenvalue weighted by Crippen LogP contribution is 2.36. The molecule has 3 aromatic rings. The van der Waals surface area contributed by atoms with Gasteiger partial charge in [0, 0.05) is 13.2 Å². The predicted octanol–water partition coefficient (Wildman–Crippen LogP) is 5.14. The Balaban J connectivity index is 2.12. The van der Waals surface area contributed by atoms with Crippen molar-refractivity contribution in [2.24, 2.45) is 0 Å². The quantitative estimate of drug-likeness (QED) is 0.378. The summed E-state index contributed by atoms with van der Waals surface area (Å²) < 4.78 is 92.3. The Bertz CT molecular complexity index is 1610. The van der Waals surface area contributed by atoms with E-state index in [2.05, 4.69) is 9.71 Å². The zero-order chi connectivity index (χ0) is 27.9. The van der Waals surface area contributed by atoms with Crippen LogP contribution in [0.1, 0.15) is 27.2 Å². The molecule has 0 fully saturated rings. The van der Waals surface area contributed by atoms with Crippen molar-refractivity contribution in [1.29, 1.82) is 0 Å². The second kappa shape index (κ2) is 10.1. The van der Waals surface area contributed by atoms with Gasteiger partial charge in [-0.15, -0.1) is 0 Å². The lowest BCUT2D eigenvalue weighted by molar-refractivity contribution is -0.137. The highest BCUT2D eigenvalue weighted by molar-refractivity contribution is 7.92. The molecule has 8 nitrogen and oxygen atoms in total. The molecule has 2 aromatic carbocycles. The third kappa shape index (κ3) is 6.17. The Morgan fingerprint density at radius 3 is 2.27 bits per heavy atom. The topological polar surface area (TPSA) is 114 Å². The zero-order valence-electron chi connectivity index (χ0n) is 19.3. The summed E-state index contributed by atoms with van der Waals surface area (Å²) in [5, 5.41) is -0.901. The van der Waals surface area contributed by atoms with Crippen LogP contribution in [-0.4, -0.2) is 40.9 Å². The van der Waals surface area contributed by atoms with Crippen LogP contribution in [-0.2, 0) is 26.2 Å². The Morgan fingerprint density at radius 1 is 1.05 bits per heavy atom. The number of carbonyl (C=O) groups is 1. The number of nitrogens with zero attached hydrogens (tertiary/aromatic N) is 2. The number of halogens is 5. The fraction of sp³-hybridized carbons (Fsp3) is 0.182. The minimum absolute atomic E-state index is 0.0209. The van der Waals surface area contributed by atoms with Gasteiger partial charge in [-0.1, -0.05) is 35.3 Å². The van der Waals surface area contributed by atoms with Gasteiger partial charge in [0.2, 0.25) is 15.8 Å². The van der Waals surface area contributed by atoms with Crippen molar-refractivity contribution < 1.29 is 34.8 Å². The number of rotatable bonds is 7. The first-order valence-corrected chi connectivity index (χ1v) is 14.2. The Kier molecular flexibility index (Phi) is 7.85. The van der Waals surface area contributed by atoms with Crippen molar-refractivity contribution in [3.63, 3.8) is 0 Å². The van der Waals surface area contributed by atoms with Crippen LogP contribution in [0.4, 0.5) is 24.5 Å². The van der Waals surface area contributed by atoms with Crippen molar-refractivity contribution in [3.8, 4) is 0 Å². The lowest BCUT2D eigenvalue weighted by Crippen LogP contribution is -2.27. The number of benzene rings is 2. The first-order valence-electron chi connectivity index (χ1n) is 10.1. The molecule has 15 heteroatoms. The van der Waals surface area contributed by atoms with Crippen LogP contribution in [0.3, 0.4) is 0 Å². The molecule has 0 bridgehead atoms. The molecule has 0 saturated carbocycles. The van der Waals surface area contributed by atoms with Gasteiger partial charge in [-0.2, -0.15) is 13.2 Å². The summed E-state index contributed by atoms with van der Waals surface area (Å²) in [5.41, 5.74) is -1.71. The lowest BCUT2D eigenvalue weighted by atomic mass is 9.99. The van der Waals surface area contributed by atoms with Gasteiger partial charge in [-0.3, -0.25) is 13.8 Å². The number of anilines is 2. The van der Waals surface area contributed by atoms with Crippen molar-refractivity contribution in [2.75, 3.05) is 22.3 Å². The van der Waals surface area contributed by atoms with Crippen LogP contribution in [0.2, 0.25) is 10.0 Å². The number of sulfonamides is 2. The van der Waals surface area contributed by atoms with Crippen LogP contribution in [0.15, 0.2) is 53.6 Å². The number of carbonyl (C=O) groups excluding carboxylic acids is 1. The molecule has 0 aliphatic heterocycles. The molecule has 1 heterocycles. The van der Waals surface area contributed by atoms with Gasteiger partial charge in [0.1, 0.15) is 5.69 Å². The number of ketones is 1. The summed E-state index contributed by atoms with van der Waals surface area (Å²) >= 11 is 11.6. The van der Waals surface area contributed by atoms with E-state index in [9.17, 15) is 34.8 Å². The van der Waals surface area contributed by atoms with Crippen LogP contribution < -0.4 is 9.03 Å². The van der Waals surface area contributed by atoms with Crippen LogP contribution in [0.5, 0.6) is 0 Å². The summed E-state index contributed by atoms with van der Waals surface area (Å²) in [5.74, 6) is -0.830. The number of nitrogens with one attached hydrogen (secondary N) is 1. The van der Waals surface area contributed by atoms with E-state index in [4.69, 9.17) is 23.2 Å². The van der Waals surface area contributed by atoms with E-state index in [1.807, 2.05) is 0 Å². The average Bonchev–Trinajstić information content (AvgIpc) is 2.76. The molecule has 0 atom stereocenters. The van der Waals surface area contributed by atoms with Gasteiger partial charge < -0.3 is 0 Å². The molecular weight excluding hydrogens is 578 g/mol. The number of alkyl halides is 3. The van der Waals surface area contributed by atoms with Crippen molar-refractivity contribution in [2.45, 2.75) is 18.0 Å². The first kappa shape index (κ1) is 28.7. The normalized spacial score (nSPS) is 12.3. The van der Waals surface area contributed by atoms with Crippen LogP contribution in [0, 0.1) is 6.92 Å². The molecule has 0 amide bonds. The van der Waals surface area contributed by atoms with Gasteiger partial charge in [0.05, 0.1) is 43.7 Å². The lowest BCUT2D eigenvalue weighted by Gasteiger charge is -2.21. The van der Waals surface area contributed by atoms with Gasteiger partial charge in [0.15, 0.2) is 0 Å². The van der Waals surface area contributed by atoms with Crippen molar-refractivity contribution in [3.05, 3.63) is 81.1 Å². The molecule has 0 spiro atoms. The summed E-state index contributed by atoms with van der Waals surface area (Å²) in [7, 11) is -7.10. The third-order valence-electron chi connectivity index (χ3n) is 5.18. The molecule has 1 aromatic heterocycles. The third-order valence-corrected chi connectivity index (χ3v) is 8.26. The molecule has 198 valence electrons. The van der Waals surface area contributed by atoms with E-state index in [0.29, 0.717) is 23.8 Å². The second-order valence-corrected chi connectivity index (χ2v) is 12.4. The molecule has 0 aliphatic rings. The summed E-state index contributed by atoms with van der Waals surface area (Å²) in [4.78, 5) is 16.9. The highest BCUT2D eigenvalue weighted by atomic mass is 35.5. The Labute approximate surface area is 221 Å². The molecule has 0 aliphatic carbocycles. The number of hydrogen-bond donors (Lipinski definition) is 1. The molecule has 0 radical (unpaired) electrons. The second-order valence-electron chi connectivity index (χ2n) is 7.82. The maximum absolute atomic E-state index is 13.6. The van der Waals surface area contributed by atoms with Gasteiger partial charge >= 0.3 is 6.18 Å². The maximum Gasteiger partial charge on any atom is 0.417 e. The molecule has 3 rings (SSSR count). The van der Waals surface area contributed by atoms with Crippen molar-refractivity contribution in [1.82, 2.24) is 4.98 Å². The fourth-order valence-electron chi connectivity index (χ4n) is 3.30. The van der Waals surface area contributed by atoms with Gasteiger partial charge in [0.25, 0.3) is 10.0 Å². The van der Waals surface area contributed by atoms with Gasteiger partial charge in [-0.05, 0) is 42.8 Å². The van der Waals surface area contributed by atoms with E-state index < -0.39 is 53.2 Å². The smallest absolute Gasteiger partial charge is 0.287 e. The predicted molar refractivity (Wildman–Crippen MR) is 134 cm³/mol. The molecule has 1 N–H and O–H groups in total. The molecule has 0 unspecified atom stereocenters. The molecule has 37 heavy (non-hydrogen) atoms. The Morgan fingerprint density at radius 2 is 1.70 bits per heavy atom. The largest absolute Gasteiger partial charge is 0.417 e. The first-order chi connectivity index (χ1) is 16.9. The van der Waals surface area contributed by atoms with E-state index >= 15 is 0 Å². The van der Waals surface area contributed by atoms with E-state index in [1.54, 1.807) is 13.0 Å². The van der Waals surface area contributed by atoms with E-state index in [-0.39, 0.29) is 22.0 Å². The standard InChI is InChI=1S/C22H18Cl2F3N3O5S2/c1-12-5-4-6-18(30(2)36(3,32)33)19(12)21(31)20-17(9-13(23)11-28-20)29-37(34,35)14-7-8-15(16(24)10-14)22(25,26)27/h4-11,29H,1-3H3. The SMILES string of the molecule is Cc1cccc(N(C)S(C)(=O)=O)c1C(=O)c1ncc(Cl)cc1NS(=O)(=O)c1ccc(C(F)(F)F)c(Cl)c1. The minimum atomic E-state index is -4.80. The monoisotopic (exact) mass is 595 g/mol. The molecule has 0 saturated heterocycles. The number of aryl methyl sites for hydroxylation is 1. The van der Waals surface area contributed by atoms with Gasteiger partial charge in [-0.25, -0.2) is 21.8 Å². The zero-order valence-corrected chi connectivity index (χ0v) is 22.4. The summed E-state index contributed by atoms with van der Waals surface area (Å²) in [6.45, 7) is 1.55.